The third-order valence-electron chi connectivity index (χ3n) is 3.00. The van der Waals surface area contributed by atoms with Gasteiger partial charge in [0, 0.05) is 22.6 Å². The molecule has 120 valence electrons. The molecule has 0 aliphatic rings. The molecule has 0 radical (unpaired) electrons. The van der Waals surface area contributed by atoms with Gasteiger partial charge in [0.1, 0.15) is 5.75 Å². The first-order valence-electron chi connectivity index (χ1n) is 6.78. The molecular formula is C15H24BrClN2O2. The van der Waals surface area contributed by atoms with Crippen LogP contribution in [0.4, 0.5) is 0 Å². The lowest BCUT2D eigenvalue weighted by Gasteiger charge is -2.19. The van der Waals surface area contributed by atoms with Gasteiger partial charge < -0.3 is 15.8 Å². The summed E-state index contributed by atoms with van der Waals surface area (Å²) in [6, 6.07) is 5.67. The molecule has 21 heavy (non-hydrogen) atoms. The molecule has 1 amide bonds. The average Bonchev–Trinajstić information content (AvgIpc) is 2.37. The maximum absolute atomic E-state index is 12.1. The highest BCUT2D eigenvalue weighted by Gasteiger charge is 2.14. The van der Waals surface area contributed by atoms with E-state index in [1.165, 1.54) is 0 Å². The molecule has 1 rings (SSSR count). The van der Waals surface area contributed by atoms with Crippen molar-refractivity contribution in [3.8, 4) is 5.75 Å². The van der Waals surface area contributed by atoms with E-state index in [0.29, 0.717) is 12.5 Å². The van der Waals surface area contributed by atoms with Crippen molar-refractivity contribution in [2.75, 3.05) is 13.7 Å². The molecule has 1 aromatic rings. The summed E-state index contributed by atoms with van der Waals surface area (Å²) in [6.07, 6.45) is 1.18. The predicted molar refractivity (Wildman–Crippen MR) is 92.1 cm³/mol. The van der Waals surface area contributed by atoms with E-state index in [2.05, 4.69) is 35.1 Å². The number of methoxy groups -OCH3 is 1. The third-order valence-corrected chi connectivity index (χ3v) is 3.49. The van der Waals surface area contributed by atoms with Gasteiger partial charge in [0.05, 0.1) is 13.5 Å². The van der Waals surface area contributed by atoms with Crippen LogP contribution in [0.15, 0.2) is 22.7 Å². The summed E-state index contributed by atoms with van der Waals surface area (Å²) in [7, 11) is 1.60. The van der Waals surface area contributed by atoms with Gasteiger partial charge in [-0.05, 0) is 30.5 Å². The second-order valence-electron chi connectivity index (χ2n) is 5.26. The molecule has 0 saturated heterocycles. The van der Waals surface area contributed by atoms with Crippen LogP contribution < -0.4 is 15.8 Å². The topological polar surface area (TPSA) is 64.3 Å². The van der Waals surface area contributed by atoms with E-state index in [0.717, 1.165) is 22.2 Å². The Morgan fingerprint density at radius 3 is 2.62 bits per heavy atom. The SMILES string of the molecule is COc1ccc(Br)cc1CC(=O)NC(CN)CC(C)C.Cl. The van der Waals surface area contributed by atoms with Gasteiger partial charge in [-0.25, -0.2) is 0 Å². The average molecular weight is 380 g/mol. The number of carbonyl (C=O) groups is 1. The zero-order valence-corrected chi connectivity index (χ0v) is 15.1. The van der Waals surface area contributed by atoms with Crippen molar-refractivity contribution in [2.24, 2.45) is 11.7 Å². The van der Waals surface area contributed by atoms with Crippen LogP contribution >= 0.6 is 28.3 Å². The minimum absolute atomic E-state index is 0. The van der Waals surface area contributed by atoms with Crippen molar-refractivity contribution in [3.05, 3.63) is 28.2 Å². The normalized spacial score (nSPS) is 11.7. The second kappa shape index (κ2) is 10.0. The minimum atomic E-state index is -0.0301. The number of nitrogens with two attached hydrogens (primary N) is 1. The van der Waals surface area contributed by atoms with Crippen LogP contribution in [0.1, 0.15) is 25.8 Å². The summed E-state index contributed by atoms with van der Waals surface area (Å²) in [5.41, 5.74) is 6.56. The smallest absolute Gasteiger partial charge is 0.224 e. The number of carbonyl (C=O) groups excluding carboxylic acids is 1. The first-order chi connectivity index (χ1) is 9.46. The molecule has 0 aromatic heterocycles. The van der Waals surface area contributed by atoms with Gasteiger partial charge in [0.25, 0.3) is 0 Å². The van der Waals surface area contributed by atoms with E-state index in [4.69, 9.17) is 10.5 Å². The monoisotopic (exact) mass is 378 g/mol. The van der Waals surface area contributed by atoms with Gasteiger partial charge in [-0.1, -0.05) is 29.8 Å². The molecule has 1 unspecified atom stereocenters. The fourth-order valence-electron chi connectivity index (χ4n) is 2.12. The van der Waals surface area contributed by atoms with Crippen LogP contribution in [0.3, 0.4) is 0 Å². The lowest BCUT2D eigenvalue weighted by atomic mass is 10.0. The van der Waals surface area contributed by atoms with Gasteiger partial charge in [-0.3, -0.25) is 4.79 Å². The van der Waals surface area contributed by atoms with Crippen molar-refractivity contribution in [1.29, 1.82) is 0 Å². The summed E-state index contributed by atoms with van der Waals surface area (Å²) >= 11 is 3.41. The van der Waals surface area contributed by atoms with Gasteiger partial charge in [-0.2, -0.15) is 0 Å². The second-order valence-corrected chi connectivity index (χ2v) is 6.18. The van der Waals surface area contributed by atoms with Gasteiger partial charge in [0.15, 0.2) is 0 Å². The fourth-order valence-corrected chi connectivity index (χ4v) is 2.53. The van der Waals surface area contributed by atoms with E-state index < -0.39 is 0 Å². The number of halogens is 2. The van der Waals surface area contributed by atoms with E-state index in [1.807, 2.05) is 18.2 Å². The van der Waals surface area contributed by atoms with E-state index in [-0.39, 0.29) is 30.8 Å². The molecular weight excluding hydrogens is 356 g/mol. The van der Waals surface area contributed by atoms with Crippen molar-refractivity contribution in [3.63, 3.8) is 0 Å². The van der Waals surface area contributed by atoms with Gasteiger partial charge >= 0.3 is 0 Å². The first-order valence-corrected chi connectivity index (χ1v) is 7.57. The molecule has 6 heteroatoms. The number of hydrogen-bond donors (Lipinski definition) is 2. The maximum Gasteiger partial charge on any atom is 0.224 e. The minimum Gasteiger partial charge on any atom is -0.496 e. The summed E-state index contributed by atoms with van der Waals surface area (Å²) in [4.78, 5) is 12.1. The van der Waals surface area contributed by atoms with Crippen LogP contribution in [-0.2, 0) is 11.2 Å². The summed E-state index contributed by atoms with van der Waals surface area (Å²) in [6.45, 7) is 4.69. The maximum atomic E-state index is 12.1. The van der Waals surface area contributed by atoms with Crippen molar-refractivity contribution in [1.82, 2.24) is 5.32 Å². The van der Waals surface area contributed by atoms with Gasteiger partial charge in [0.2, 0.25) is 5.91 Å². The quantitative estimate of drug-likeness (QED) is 0.765. The molecule has 0 fully saturated rings. The summed E-state index contributed by atoms with van der Waals surface area (Å²) < 4.78 is 6.20. The molecule has 0 bridgehead atoms. The molecule has 1 atom stereocenters. The number of amides is 1. The number of ether oxygens (including phenoxy) is 1. The largest absolute Gasteiger partial charge is 0.496 e. The highest BCUT2D eigenvalue weighted by Crippen LogP contribution is 2.23. The fraction of sp³-hybridized carbons (Fsp3) is 0.533. The third kappa shape index (κ3) is 7.16. The zero-order chi connectivity index (χ0) is 15.1. The number of nitrogens with one attached hydrogen (secondary N) is 1. The molecule has 4 nitrogen and oxygen atoms in total. The number of rotatable bonds is 7. The Morgan fingerprint density at radius 1 is 1.43 bits per heavy atom. The molecule has 0 saturated carbocycles. The summed E-state index contributed by atoms with van der Waals surface area (Å²) in [5, 5.41) is 2.98. The molecule has 0 aliphatic carbocycles. The van der Waals surface area contributed by atoms with Crippen LogP contribution in [0.2, 0.25) is 0 Å². The standard InChI is InChI=1S/C15H23BrN2O2.ClH/c1-10(2)6-13(9-17)18-15(19)8-11-7-12(16)4-5-14(11)20-3;/h4-5,7,10,13H,6,8-9,17H2,1-3H3,(H,18,19);1H. The number of hydrogen-bond acceptors (Lipinski definition) is 3. The highest BCUT2D eigenvalue weighted by atomic mass is 79.9. The Labute approximate surface area is 141 Å². The lowest BCUT2D eigenvalue weighted by molar-refractivity contribution is -0.121. The Balaban J connectivity index is 0.00000400. The van der Waals surface area contributed by atoms with Gasteiger partial charge in [-0.15, -0.1) is 12.4 Å². The Hall–Kier alpha value is -0.780. The van der Waals surface area contributed by atoms with Crippen molar-refractivity contribution < 1.29 is 9.53 Å². The molecule has 0 spiro atoms. The van der Waals surface area contributed by atoms with Crippen LogP contribution in [-0.4, -0.2) is 25.6 Å². The molecule has 0 aliphatic heterocycles. The van der Waals surface area contributed by atoms with Crippen LogP contribution in [0.25, 0.3) is 0 Å². The lowest BCUT2D eigenvalue weighted by Crippen LogP contribution is -2.41. The van der Waals surface area contributed by atoms with E-state index in [9.17, 15) is 4.79 Å². The zero-order valence-electron chi connectivity index (χ0n) is 12.7. The Kier molecular flexibility index (Phi) is 9.66. The Morgan fingerprint density at radius 2 is 2.10 bits per heavy atom. The van der Waals surface area contributed by atoms with Crippen LogP contribution in [0.5, 0.6) is 5.75 Å². The molecule has 3 N–H and O–H groups in total. The highest BCUT2D eigenvalue weighted by molar-refractivity contribution is 9.10. The summed E-state index contributed by atoms with van der Waals surface area (Å²) in [5.74, 6) is 1.19. The van der Waals surface area contributed by atoms with Crippen LogP contribution in [0, 0.1) is 5.92 Å². The molecule has 0 heterocycles. The van der Waals surface area contributed by atoms with E-state index in [1.54, 1.807) is 7.11 Å². The van der Waals surface area contributed by atoms with Crippen molar-refractivity contribution in [2.45, 2.75) is 32.7 Å². The predicted octanol–water partition coefficient (Wildman–Crippen LogP) is 2.91. The van der Waals surface area contributed by atoms with E-state index >= 15 is 0 Å². The Bertz CT molecular complexity index is 455. The first kappa shape index (κ1) is 20.2. The molecule has 1 aromatic carbocycles. The van der Waals surface area contributed by atoms with Crippen molar-refractivity contribution >= 4 is 34.2 Å². The number of benzene rings is 1.